The number of methoxy groups -OCH3 is 3. The molecule has 27 heavy (non-hydrogen) atoms. The van der Waals surface area contributed by atoms with Crippen LogP contribution in [0.5, 0.6) is 17.2 Å². The summed E-state index contributed by atoms with van der Waals surface area (Å²) in [6.45, 7) is 0.0926. The average molecular weight is 371 g/mol. The third-order valence-electron chi connectivity index (χ3n) is 4.14. The second kappa shape index (κ2) is 8.44. The number of benzene rings is 2. The van der Waals surface area contributed by atoms with Gasteiger partial charge in [-0.05, 0) is 17.7 Å². The van der Waals surface area contributed by atoms with E-state index in [1.165, 1.54) is 21.3 Å². The van der Waals surface area contributed by atoms with Gasteiger partial charge in [0.15, 0.2) is 17.6 Å². The predicted molar refractivity (Wildman–Crippen MR) is 98.8 cm³/mol. The van der Waals surface area contributed by atoms with Gasteiger partial charge in [-0.25, -0.2) is 4.79 Å². The molecular weight excluding hydrogens is 350 g/mol. The van der Waals surface area contributed by atoms with Gasteiger partial charge in [0, 0.05) is 6.42 Å². The number of hydrogen-bond acceptors (Lipinski definition) is 7. The molecule has 0 N–H and O–H groups in total. The summed E-state index contributed by atoms with van der Waals surface area (Å²) in [4.78, 5) is 17.8. The summed E-state index contributed by atoms with van der Waals surface area (Å²) in [7, 11) is 4.47. The maximum absolute atomic E-state index is 12.4. The molecule has 142 valence electrons. The van der Waals surface area contributed by atoms with Crippen LogP contribution in [0.4, 0.5) is 0 Å². The number of oxime groups is 1. The highest BCUT2D eigenvalue weighted by molar-refractivity contribution is 6.01. The predicted octanol–water partition coefficient (Wildman–Crippen LogP) is 3.06. The third-order valence-corrected chi connectivity index (χ3v) is 4.14. The lowest BCUT2D eigenvalue weighted by atomic mass is 10.1. The Morgan fingerprint density at radius 2 is 1.74 bits per heavy atom. The van der Waals surface area contributed by atoms with Gasteiger partial charge in [0.05, 0.1) is 32.6 Å². The molecule has 0 unspecified atom stereocenters. The fraction of sp³-hybridized carbons (Fsp3) is 0.300. The van der Waals surface area contributed by atoms with Crippen molar-refractivity contribution in [3.63, 3.8) is 0 Å². The molecule has 7 heteroatoms. The summed E-state index contributed by atoms with van der Waals surface area (Å²) in [5.74, 6) is 0.675. The number of rotatable bonds is 7. The standard InChI is InChI=1S/C20H21NO6/c1-23-17-9-14(10-18(24-2)19(17)25-3)20(22)26-12-15-11-16(21-27-15)13-7-5-4-6-8-13/h4-10,15H,11-12H2,1-3H3/t15-/m1/s1. The SMILES string of the molecule is COc1cc(C(=O)OC[C@H]2CC(c3ccccc3)=NO2)cc(OC)c1OC. The van der Waals surface area contributed by atoms with Gasteiger partial charge in [-0.15, -0.1) is 0 Å². The van der Waals surface area contributed by atoms with Gasteiger partial charge in [0.2, 0.25) is 5.75 Å². The van der Waals surface area contributed by atoms with Crippen molar-refractivity contribution < 1.29 is 28.6 Å². The minimum absolute atomic E-state index is 0.0926. The molecule has 2 aromatic rings. The Morgan fingerprint density at radius 3 is 2.33 bits per heavy atom. The summed E-state index contributed by atoms with van der Waals surface area (Å²) < 4.78 is 21.1. The highest BCUT2D eigenvalue weighted by Gasteiger charge is 2.25. The van der Waals surface area contributed by atoms with Crippen molar-refractivity contribution in [2.45, 2.75) is 12.5 Å². The molecular formula is C20H21NO6. The van der Waals surface area contributed by atoms with E-state index in [4.69, 9.17) is 23.8 Å². The second-order valence-electron chi connectivity index (χ2n) is 5.85. The topological polar surface area (TPSA) is 75.6 Å². The van der Waals surface area contributed by atoms with Crippen LogP contribution < -0.4 is 14.2 Å². The van der Waals surface area contributed by atoms with Crippen LogP contribution in [0.1, 0.15) is 22.3 Å². The number of hydrogen-bond donors (Lipinski definition) is 0. The van der Waals surface area contributed by atoms with Gasteiger partial charge in [0.25, 0.3) is 0 Å². The van der Waals surface area contributed by atoms with Crippen molar-refractivity contribution in [3.8, 4) is 17.2 Å². The van der Waals surface area contributed by atoms with Crippen LogP contribution in [-0.4, -0.2) is 45.7 Å². The van der Waals surface area contributed by atoms with E-state index in [2.05, 4.69) is 5.16 Å². The van der Waals surface area contributed by atoms with E-state index in [1.54, 1.807) is 12.1 Å². The van der Waals surface area contributed by atoms with Crippen LogP contribution >= 0.6 is 0 Å². The van der Waals surface area contributed by atoms with E-state index in [-0.39, 0.29) is 12.7 Å². The van der Waals surface area contributed by atoms with Crippen LogP contribution in [-0.2, 0) is 9.57 Å². The van der Waals surface area contributed by atoms with Gasteiger partial charge in [-0.2, -0.15) is 0 Å². The Balaban J connectivity index is 1.62. The molecule has 1 heterocycles. The fourth-order valence-corrected chi connectivity index (χ4v) is 2.77. The number of carbonyl (C=O) groups is 1. The molecule has 1 atom stereocenters. The largest absolute Gasteiger partial charge is 0.493 e. The van der Waals surface area contributed by atoms with Gasteiger partial charge < -0.3 is 23.8 Å². The second-order valence-corrected chi connectivity index (χ2v) is 5.85. The van der Waals surface area contributed by atoms with Gasteiger partial charge >= 0.3 is 5.97 Å². The zero-order valence-corrected chi connectivity index (χ0v) is 15.4. The molecule has 0 bridgehead atoms. The first-order valence-electron chi connectivity index (χ1n) is 8.41. The maximum Gasteiger partial charge on any atom is 0.338 e. The molecule has 3 rings (SSSR count). The molecule has 0 aromatic heterocycles. The molecule has 0 saturated heterocycles. The van der Waals surface area contributed by atoms with E-state index >= 15 is 0 Å². The quantitative estimate of drug-likeness (QED) is 0.697. The molecule has 1 aliphatic heterocycles. The minimum Gasteiger partial charge on any atom is -0.493 e. The molecule has 0 aliphatic carbocycles. The fourth-order valence-electron chi connectivity index (χ4n) is 2.77. The lowest BCUT2D eigenvalue weighted by Crippen LogP contribution is -2.19. The Hall–Kier alpha value is -3.22. The number of carbonyl (C=O) groups excluding carboxylic acids is 1. The average Bonchev–Trinajstić information content (AvgIpc) is 3.20. The van der Waals surface area contributed by atoms with Crippen LogP contribution in [0.2, 0.25) is 0 Å². The maximum atomic E-state index is 12.4. The normalized spacial score (nSPS) is 15.5. The molecule has 7 nitrogen and oxygen atoms in total. The first kappa shape index (κ1) is 18.6. The summed E-state index contributed by atoms with van der Waals surface area (Å²) in [6, 6.07) is 12.8. The van der Waals surface area contributed by atoms with Crippen molar-refractivity contribution in [3.05, 3.63) is 53.6 Å². The number of ether oxygens (including phenoxy) is 4. The Kier molecular flexibility index (Phi) is 5.80. The summed E-state index contributed by atoms with van der Waals surface area (Å²) in [5.41, 5.74) is 2.13. The minimum atomic E-state index is -0.508. The zero-order valence-electron chi connectivity index (χ0n) is 15.4. The first-order valence-corrected chi connectivity index (χ1v) is 8.41. The van der Waals surface area contributed by atoms with E-state index in [9.17, 15) is 4.79 Å². The lowest BCUT2D eigenvalue weighted by Gasteiger charge is -2.14. The first-order chi connectivity index (χ1) is 13.2. The monoisotopic (exact) mass is 371 g/mol. The van der Waals surface area contributed by atoms with Crippen LogP contribution in [0.25, 0.3) is 0 Å². The van der Waals surface area contributed by atoms with Crippen molar-refractivity contribution in [2.75, 3.05) is 27.9 Å². The summed E-state index contributed by atoms with van der Waals surface area (Å²) in [6.07, 6.45) is 0.262. The van der Waals surface area contributed by atoms with Gasteiger partial charge in [-0.1, -0.05) is 35.5 Å². The Labute approximate surface area is 157 Å². The van der Waals surface area contributed by atoms with Crippen LogP contribution in [0.3, 0.4) is 0 Å². The van der Waals surface area contributed by atoms with Crippen molar-refractivity contribution in [1.82, 2.24) is 0 Å². The summed E-state index contributed by atoms with van der Waals surface area (Å²) >= 11 is 0. The van der Waals surface area contributed by atoms with Crippen molar-refractivity contribution >= 4 is 11.7 Å². The lowest BCUT2D eigenvalue weighted by molar-refractivity contribution is 0.00682. The highest BCUT2D eigenvalue weighted by atomic mass is 16.7. The summed E-state index contributed by atoms with van der Waals surface area (Å²) in [5, 5.41) is 4.08. The molecule has 0 radical (unpaired) electrons. The van der Waals surface area contributed by atoms with Crippen molar-refractivity contribution in [1.29, 1.82) is 0 Å². The van der Waals surface area contributed by atoms with Crippen LogP contribution in [0.15, 0.2) is 47.6 Å². The zero-order chi connectivity index (χ0) is 19.2. The third kappa shape index (κ3) is 4.13. The van der Waals surface area contributed by atoms with E-state index in [0.717, 1.165) is 11.3 Å². The molecule has 0 amide bonds. The van der Waals surface area contributed by atoms with E-state index in [0.29, 0.717) is 29.2 Å². The molecule has 1 aliphatic rings. The van der Waals surface area contributed by atoms with E-state index in [1.807, 2.05) is 30.3 Å². The molecule has 0 spiro atoms. The number of esters is 1. The highest BCUT2D eigenvalue weighted by Crippen LogP contribution is 2.38. The Bertz CT molecular complexity index is 809. The molecule has 0 fully saturated rings. The number of nitrogens with zero attached hydrogens (tertiary/aromatic N) is 1. The van der Waals surface area contributed by atoms with Crippen LogP contribution in [0, 0.1) is 0 Å². The van der Waals surface area contributed by atoms with Crippen molar-refractivity contribution in [2.24, 2.45) is 5.16 Å². The van der Waals surface area contributed by atoms with Gasteiger partial charge in [-0.3, -0.25) is 0 Å². The smallest absolute Gasteiger partial charge is 0.338 e. The Morgan fingerprint density at radius 1 is 1.07 bits per heavy atom. The van der Waals surface area contributed by atoms with Gasteiger partial charge in [0.1, 0.15) is 6.61 Å². The molecule has 0 saturated carbocycles. The molecule has 2 aromatic carbocycles. The van der Waals surface area contributed by atoms with E-state index < -0.39 is 5.97 Å².